The van der Waals surface area contributed by atoms with Gasteiger partial charge in [-0.3, -0.25) is 4.79 Å². The van der Waals surface area contributed by atoms with Gasteiger partial charge in [-0.2, -0.15) is 0 Å². The summed E-state index contributed by atoms with van der Waals surface area (Å²) in [5, 5.41) is 0. The van der Waals surface area contributed by atoms with Crippen LogP contribution in [0.15, 0.2) is 30.8 Å². The zero-order valence-electron chi connectivity index (χ0n) is 9.49. The zero-order chi connectivity index (χ0) is 11.3. The van der Waals surface area contributed by atoms with E-state index in [9.17, 15) is 4.79 Å². The molecule has 1 aromatic carbocycles. The highest BCUT2D eigenvalue weighted by molar-refractivity contribution is 5.84. The van der Waals surface area contributed by atoms with Crippen molar-refractivity contribution in [2.75, 3.05) is 0 Å². The van der Waals surface area contributed by atoms with Crippen molar-refractivity contribution >= 4 is 11.9 Å². The summed E-state index contributed by atoms with van der Waals surface area (Å²) in [4.78, 5) is 11.6. The molecular formula is C14H18O. The number of Topliss-reactive ketones (excluding diaryl/α,β-unsaturated/α-hetero) is 1. The zero-order valence-corrected chi connectivity index (χ0v) is 9.49. The average Bonchev–Trinajstić information content (AvgIpc) is 2.25. The highest BCUT2D eigenvalue weighted by atomic mass is 16.1. The molecular weight excluding hydrogens is 184 g/mol. The minimum atomic E-state index is 0.0317. The Bertz CT molecular complexity index is 352. The summed E-state index contributed by atoms with van der Waals surface area (Å²) in [6, 6.07) is 7.99. The van der Waals surface area contributed by atoms with Crippen LogP contribution < -0.4 is 0 Å². The number of hydrogen-bond donors (Lipinski definition) is 0. The quantitative estimate of drug-likeness (QED) is 0.709. The largest absolute Gasteiger partial charge is 0.299 e. The lowest BCUT2D eigenvalue weighted by atomic mass is 9.88. The van der Waals surface area contributed by atoms with E-state index >= 15 is 0 Å². The molecule has 1 heteroatoms. The molecule has 0 aliphatic rings. The third kappa shape index (κ3) is 2.79. The van der Waals surface area contributed by atoms with E-state index in [1.807, 2.05) is 30.3 Å². The van der Waals surface area contributed by atoms with Gasteiger partial charge in [0.2, 0.25) is 0 Å². The Morgan fingerprint density at radius 3 is 2.67 bits per heavy atom. The lowest BCUT2D eigenvalue weighted by Crippen LogP contribution is -2.09. The number of ketones is 1. The van der Waals surface area contributed by atoms with Gasteiger partial charge in [-0.1, -0.05) is 50.3 Å². The first-order chi connectivity index (χ1) is 7.20. The third-order valence-corrected chi connectivity index (χ3v) is 2.66. The number of rotatable bonds is 5. The Kier molecular flexibility index (Phi) is 4.29. The van der Waals surface area contributed by atoms with Crippen molar-refractivity contribution < 1.29 is 4.79 Å². The molecule has 0 spiro atoms. The van der Waals surface area contributed by atoms with Crippen molar-refractivity contribution in [2.45, 2.75) is 32.6 Å². The standard InChI is InChI=1S/C14H18O/c1-4-8-13(11(3)15)14-10-7-6-9-12(14)5-2/h5-7,9-10,13H,2,4,8H2,1,3H3. The number of benzene rings is 1. The van der Waals surface area contributed by atoms with Gasteiger partial charge >= 0.3 is 0 Å². The van der Waals surface area contributed by atoms with E-state index in [1.165, 1.54) is 0 Å². The summed E-state index contributed by atoms with van der Waals surface area (Å²) in [6.45, 7) is 7.55. The summed E-state index contributed by atoms with van der Waals surface area (Å²) in [7, 11) is 0. The molecule has 80 valence electrons. The normalized spacial score (nSPS) is 12.1. The van der Waals surface area contributed by atoms with Gasteiger partial charge in [-0.25, -0.2) is 0 Å². The fourth-order valence-electron chi connectivity index (χ4n) is 1.88. The van der Waals surface area contributed by atoms with Gasteiger partial charge in [-0.05, 0) is 24.5 Å². The van der Waals surface area contributed by atoms with Crippen molar-refractivity contribution in [1.29, 1.82) is 0 Å². The van der Waals surface area contributed by atoms with E-state index in [0.29, 0.717) is 0 Å². The monoisotopic (exact) mass is 202 g/mol. The van der Waals surface area contributed by atoms with Crippen LogP contribution in [-0.4, -0.2) is 5.78 Å². The molecule has 0 aliphatic heterocycles. The smallest absolute Gasteiger partial charge is 0.137 e. The summed E-state index contributed by atoms with van der Waals surface area (Å²) in [6.07, 6.45) is 3.76. The summed E-state index contributed by atoms with van der Waals surface area (Å²) < 4.78 is 0. The molecule has 1 atom stereocenters. The number of carbonyl (C=O) groups is 1. The number of carbonyl (C=O) groups excluding carboxylic acids is 1. The average molecular weight is 202 g/mol. The lowest BCUT2D eigenvalue weighted by molar-refractivity contribution is -0.118. The van der Waals surface area contributed by atoms with Crippen LogP contribution >= 0.6 is 0 Å². The van der Waals surface area contributed by atoms with Crippen molar-refractivity contribution in [3.05, 3.63) is 42.0 Å². The summed E-state index contributed by atoms with van der Waals surface area (Å²) in [5.41, 5.74) is 2.19. The molecule has 0 saturated heterocycles. The Hall–Kier alpha value is -1.37. The highest BCUT2D eigenvalue weighted by Gasteiger charge is 2.17. The van der Waals surface area contributed by atoms with Crippen LogP contribution in [0.1, 0.15) is 43.7 Å². The van der Waals surface area contributed by atoms with Crippen molar-refractivity contribution in [3.63, 3.8) is 0 Å². The van der Waals surface area contributed by atoms with Gasteiger partial charge in [-0.15, -0.1) is 0 Å². The number of hydrogen-bond acceptors (Lipinski definition) is 1. The maximum Gasteiger partial charge on any atom is 0.137 e. The molecule has 15 heavy (non-hydrogen) atoms. The maximum absolute atomic E-state index is 11.6. The fraction of sp³-hybridized carbons (Fsp3) is 0.357. The topological polar surface area (TPSA) is 17.1 Å². The highest BCUT2D eigenvalue weighted by Crippen LogP contribution is 2.26. The van der Waals surface area contributed by atoms with Crippen LogP contribution in [0.5, 0.6) is 0 Å². The molecule has 0 bridgehead atoms. The lowest BCUT2D eigenvalue weighted by Gasteiger charge is -2.15. The van der Waals surface area contributed by atoms with Gasteiger partial charge in [0, 0.05) is 5.92 Å². The first-order valence-electron chi connectivity index (χ1n) is 5.42. The SMILES string of the molecule is C=Cc1ccccc1C(CCC)C(C)=O. The first-order valence-corrected chi connectivity index (χ1v) is 5.42. The predicted octanol–water partition coefficient (Wildman–Crippen LogP) is 3.80. The van der Waals surface area contributed by atoms with E-state index in [0.717, 1.165) is 24.0 Å². The van der Waals surface area contributed by atoms with Crippen LogP contribution in [0.3, 0.4) is 0 Å². The van der Waals surface area contributed by atoms with Crippen LogP contribution in [0.25, 0.3) is 6.08 Å². The Balaban J connectivity index is 3.09. The minimum absolute atomic E-state index is 0.0317. The predicted molar refractivity (Wildman–Crippen MR) is 64.9 cm³/mol. The van der Waals surface area contributed by atoms with E-state index in [2.05, 4.69) is 13.5 Å². The second-order valence-corrected chi connectivity index (χ2v) is 3.78. The second-order valence-electron chi connectivity index (χ2n) is 3.78. The Morgan fingerprint density at radius 2 is 2.13 bits per heavy atom. The molecule has 0 fully saturated rings. The molecule has 0 N–H and O–H groups in total. The van der Waals surface area contributed by atoms with Gasteiger partial charge in [0.1, 0.15) is 5.78 Å². The van der Waals surface area contributed by atoms with Gasteiger partial charge in [0.05, 0.1) is 0 Å². The third-order valence-electron chi connectivity index (χ3n) is 2.66. The van der Waals surface area contributed by atoms with Crippen LogP contribution in [0, 0.1) is 0 Å². The fourth-order valence-corrected chi connectivity index (χ4v) is 1.88. The van der Waals surface area contributed by atoms with Crippen LogP contribution in [0.4, 0.5) is 0 Å². The molecule has 1 nitrogen and oxygen atoms in total. The van der Waals surface area contributed by atoms with Crippen LogP contribution in [0.2, 0.25) is 0 Å². The molecule has 0 heterocycles. The second kappa shape index (κ2) is 5.50. The van der Waals surface area contributed by atoms with Crippen molar-refractivity contribution in [2.24, 2.45) is 0 Å². The van der Waals surface area contributed by atoms with Gasteiger partial charge in [0.15, 0.2) is 0 Å². The Morgan fingerprint density at radius 1 is 1.47 bits per heavy atom. The molecule has 0 aromatic heterocycles. The molecule has 0 amide bonds. The molecule has 0 aliphatic carbocycles. The van der Waals surface area contributed by atoms with Gasteiger partial charge in [0.25, 0.3) is 0 Å². The maximum atomic E-state index is 11.6. The molecule has 1 rings (SSSR count). The van der Waals surface area contributed by atoms with E-state index < -0.39 is 0 Å². The van der Waals surface area contributed by atoms with E-state index in [-0.39, 0.29) is 11.7 Å². The van der Waals surface area contributed by atoms with Gasteiger partial charge < -0.3 is 0 Å². The molecule has 1 aromatic rings. The molecule has 0 saturated carbocycles. The van der Waals surface area contributed by atoms with E-state index in [4.69, 9.17) is 0 Å². The molecule has 0 radical (unpaired) electrons. The Labute approximate surface area is 91.8 Å². The van der Waals surface area contributed by atoms with E-state index in [1.54, 1.807) is 6.92 Å². The van der Waals surface area contributed by atoms with Crippen molar-refractivity contribution in [1.82, 2.24) is 0 Å². The summed E-state index contributed by atoms with van der Waals surface area (Å²) in [5.74, 6) is 0.273. The van der Waals surface area contributed by atoms with Crippen molar-refractivity contribution in [3.8, 4) is 0 Å². The molecule has 1 unspecified atom stereocenters. The summed E-state index contributed by atoms with van der Waals surface area (Å²) >= 11 is 0. The van der Waals surface area contributed by atoms with Crippen LogP contribution in [-0.2, 0) is 4.79 Å². The first kappa shape index (κ1) is 11.7. The minimum Gasteiger partial charge on any atom is -0.299 e.